The van der Waals surface area contributed by atoms with E-state index in [1.807, 2.05) is 4.90 Å². The molecular weight excluding hydrogens is 341 g/mol. The molecule has 24 heavy (non-hydrogen) atoms. The fourth-order valence-electron chi connectivity index (χ4n) is 3.42. The normalized spacial score (nSPS) is 26.2. The maximum absolute atomic E-state index is 13.3. The maximum atomic E-state index is 13.3. The van der Waals surface area contributed by atoms with Crippen LogP contribution in [0.3, 0.4) is 0 Å². The summed E-state index contributed by atoms with van der Waals surface area (Å²) in [6.45, 7) is 2.17. The number of aliphatic carboxylic acids is 1. The number of hydrogen-bond acceptors (Lipinski definition) is 4. The highest BCUT2D eigenvalue weighted by molar-refractivity contribution is 6.31. The zero-order chi connectivity index (χ0) is 17.7. The van der Waals surface area contributed by atoms with Crippen LogP contribution >= 0.6 is 11.6 Å². The summed E-state index contributed by atoms with van der Waals surface area (Å²) in [5.74, 6) is -1.06. The van der Waals surface area contributed by atoms with Crippen LogP contribution in [0.5, 0.6) is 0 Å². The van der Waals surface area contributed by atoms with Gasteiger partial charge in [-0.3, -0.25) is 14.5 Å². The Morgan fingerprint density at radius 1 is 1.54 bits per heavy atom. The van der Waals surface area contributed by atoms with Crippen molar-refractivity contribution < 1.29 is 28.9 Å². The summed E-state index contributed by atoms with van der Waals surface area (Å²) in [6, 6.07) is 4.27. The number of rotatable bonds is 3. The molecule has 0 bridgehead atoms. The monoisotopic (exact) mass is 359 g/mol. The molecule has 2 atom stereocenters. The molecule has 0 spiro atoms. The van der Waals surface area contributed by atoms with E-state index in [4.69, 9.17) is 26.2 Å². The second-order valence-corrected chi connectivity index (χ2v) is 6.42. The van der Waals surface area contributed by atoms with Crippen LogP contribution in [0.2, 0.25) is 5.02 Å². The number of carboxylic acid groups (broad SMARTS) is 2. The van der Waals surface area contributed by atoms with Gasteiger partial charge in [-0.2, -0.15) is 0 Å². The lowest BCUT2D eigenvalue weighted by molar-refractivity contribution is -0.159. The van der Waals surface area contributed by atoms with Gasteiger partial charge in [-0.05, 0) is 36.1 Å². The SMILES string of the molecule is O=C(O)[C@]12COCC[C@H]1CN(Cc1cc(F)ccc1Cl)C2.O=CO. The Morgan fingerprint density at radius 2 is 2.25 bits per heavy atom. The smallest absolute Gasteiger partial charge is 0.313 e. The summed E-state index contributed by atoms with van der Waals surface area (Å²) >= 11 is 6.09. The van der Waals surface area contributed by atoms with E-state index in [-0.39, 0.29) is 24.8 Å². The minimum atomic E-state index is -0.835. The molecule has 0 unspecified atom stereocenters. The van der Waals surface area contributed by atoms with Crippen LogP contribution in [0.1, 0.15) is 12.0 Å². The Morgan fingerprint density at radius 3 is 2.88 bits per heavy atom. The molecule has 0 amide bonds. The molecule has 2 fully saturated rings. The Kier molecular flexibility index (Phi) is 6.15. The molecule has 2 aliphatic rings. The van der Waals surface area contributed by atoms with E-state index in [1.165, 1.54) is 18.2 Å². The van der Waals surface area contributed by atoms with Crippen LogP contribution in [-0.2, 0) is 20.9 Å². The summed E-state index contributed by atoms with van der Waals surface area (Å²) in [4.78, 5) is 22.1. The lowest BCUT2D eigenvalue weighted by Gasteiger charge is -2.34. The van der Waals surface area contributed by atoms with E-state index < -0.39 is 11.4 Å². The first-order chi connectivity index (χ1) is 11.4. The topological polar surface area (TPSA) is 87.1 Å². The van der Waals surface area contributed by atoms with Gasteiger partial charge in [-0.25, -0.2) is 4.39 Å². The number of ether oxygens (including phenoxy) is 1. The van der Waals surface area contributed by atoms with E-state index >= 15 is 0 Å². The summed E-state index contributed by atoms with van der Waals surface area (Å²) in [7, 11) is 0. The quantitative estimate of drug-likeness (QED) is 0.804. The van der Waals surface area contributed by atoms with Crippen LogP contribution in [-0.4, -0.2) is 53.9 Å². The summed E-state index contributed by atoms with van der Waals surface area (Å²) in [5.41, 5.74) is -0.144. The molecular formula is C16H19ClFNO5. The van der Waals surface area contributed by atoms with Gasteiger partial charge in [-0.1, -0.05) is 11.6 Å². The van der Waals surface area contributed by atoms with Crippen molar-refractivity contribution in [2.75, 3.05) is 26.3 Å². The summed E-state index contributed by atoms with van der Waals surface area (Å²) in [6.07, 6.45) is 0.750. The van der Waals surface area contributed by atoms with Crippen molar-refractivity contribution in [3.05, 3.63) is 34.6 Å². The van der Waals surface area contributed by atoms with E-state index in [0.29, 0.717) is 36.8 Å². The molecule has 2 N–H and O–H groups in total. The van der Waals surface area contributed by atoms with Crippen LogP contribution in [0.15, 0.2) is 18.2 Å². The zero-order valence-electron chi connectivity index (χ0n) is 13.0. The minimum Gasteiger partial charge on any atom is -0.483 e. The zero-order valence-corrected chi connectivity index (χ0v) is 13.7. The average Bonchev–Trinajstić information content (AvgIpc) is 2.91. The molecule has 0 aromatic heterocycles. The van der Waals surface area contributed by atoms with Crippen molar-refractivity contribution in [1.82, 2.24) is 4.90 Å². The van der Waals surface area contributed by atoms with Crippen LogP contribution in [0, 0.1) is 17.2 Å². The lowest BCUT2D eigenvalue weighted by Crippen LogP contribution is -2.46. The van der Waals surface area contributed by atoms with Gasteiger partial charge in [0.2, 0.25) is 0 Å². The highest BCUT2D eigenvalue weighted by Gasteiger charge is 2.53. The molecule has 2 aliphatic heterocycles. The molecule has 3 rings (SSSR count). The number of nitrogens with zero attached hydrogens (tertiary/aromatic N) is 1. The number of likely N-dealkylation sites (tertiary alicyclic amines) is 1. The van der Waals surface area contributed by atoms with Gasteiger partial charge >= 0.3 is 5.97 Å². The van der Waals surface area contributed by atoms with Gasteiger partial charge in [0, 0.05) is 31.3 Å². The van der Waals surface area contributed by atoms with Gasteiger partial charge in [0.15, 0.2) is 0 Å². The van der Waals surface area contributed by atoms with Gasteiger partial charge in [0.1, 0.15) is 11.2 Å². The molecule has 8 heteroatoms. The van der Waals surface area contributed by atoms with Crippen LogP contribution in [0.4, 0.5) is 4.39 Å². The van der Waals surface area contributed by atoms with Crippen molar-refractivity contribution in [3.63, 3.8) is 0 Å². The second kappa shape index (κ2) is 7.92. The van der Waals surface area contributed by atoms with Crippen molar-refractivity contribution in [1.29, 1.82) is 0 Å². The fraction of sp³-hybridized carbons (Fsp3) is 0.500. The third-order valence-corrected chi connectivity index (χ3v) is 4.93. The van der Waals surface area contributed by atoms with E-state index in [0.717, 1.165) is 6.42 Å². The summed E-state index contributed by atoms with van der Waals surface area (Å²) < 4.78 is 18.7. The summed E-state index contributed by atoms with van der Waals surface area (Å²) in [5, 5.41) is 17.0. The first-order valence-electron chi connectivity index (χ1n) is 7.48. The number of halogens is 2. The second-order valence-electron chi connectivity index (χ2n) is 6.01. The highest BCUT2D eigenvalue weighted by Crippen LogP contribution is 2.42. The molecule has 2 saturated heterocycles. The highest BCUT2D eigenvalue weighted by atomic mass is 35.5. The van der Waals surface area contributed by atoms with Crippen molar-refractivity contribution >= 4 is 24.0 Å². The molecule has 0 saturated carbocycles. The van der Waals surface area contributed by atoms with Gasteiger partial charge in [0.25, 0.3) is 6.47 Å². The molecule has 0 aliphatic carbocycles. The average molecular weight is 360 g/mol. The molecule has 0 radical (unpaired) electrons. The van der Waals surface area contributed by atoms with Crippen LogP contribution < -0.4 is 0 Å². The third-order valence-electron chi connectivity index (χ3n) is 4.56. The minimum absolute atomic E-state index is 0.0797. The number of hydrogen-bond donors (Lipinski definition) is 2. The van der Waals surface area contributed by atoms with Crippen molar-refractivity contribution in [2.24, 2.45) is 11.3 Å². The standard InChI is InChI=1S/C15H17ClFNO3.CH2O2/c16-13-2-1-12(17)5-10(13)6-18-7-11-3-4-21-9-15(11,8-18)14(19)20;2-1-3/h1-2,5,11H,3-4,6-9H2,(H,19,20);1H,(H,2,3)/t11-,15+;/m0./s1. The maximum Gasteiger partial charge on any atom is 0.313 e. The van der Waals surface area contributed by atoms with Crippen LogP contribution in [0.25, 0.3) is 0 Å². The number of benzene rings is 1. The number of carboxylic acids is 1. The van der Waals surface area contributed by atoms with Gasteiger partial charge < -0.3 is 14.9 Å². The van der Waals surface area contributed by atoms with E-state index in [2.05, 4.69) is 0 Å². The van der Waals surface area contributed by atoms with E-state index in [9.17, 15) is 14.3 Å². The predicted molar refractivity (Wildman–Crippen MR) is 84.4 cm³/mol. The fourth-order valence-corrected chi connectivity index (χ4v) is 3.60. The van der Waals surface area contributed by atoms with E-state index in [1.54, 1.807) is 0 Å². The Hall–Kier alpha value is -1.70. The lowest BCUT2D eigenvalue weighted by atomic mass is 9.76. The Balaban J connectivity index is 0.000000647. The first kappa shape index (κ1) is 18.6. The van der Waals surface area contributed by atoms with Gasteiger partial charge in [-0.15, -0.1) is 0 Å². The third kappa shape index (κ3) is 3.85. The molecule has 132 valence electrons. The predicted octanol–water partition coefficient (Wildman–Crippen LogP) is 2.10. The molecule has 1 aromatic carbocycles. The largest absolute Gasteiger partial charge is 0.483 e. The number of carbonyl (C=O) groups is 2. The first-order valence-corrected chi connectivity index (χ1v) is 7.86. The Labute approximate surface area is 143 Å². The molecule has 6 nitrogen and oxygen atoms in total. The molecule has 1 aromatic rings. The van der Waals surface area contributed by atoms with Crippen molar-refractivity contribution in [2.45, 2.75) is 13.0 Å². The van der Waals surface area contributed by atoms with Crippen molar-refractivity contribution in [3.8, 4) is 0 Å². The molecule has 2 heterocycles. The Bertz CT molecular complexity index is 614. The number of fused-ring (bicyclic) bond motifs is 1. The van der Waals surface area contributed by atoms with Gasteiger partial charge in [0.05, 0.1) is 6.61 Å².